The fourth-order valence-electron chi connectivity index (χ4n) is 1.19. The van der Waals surface area contributed by atoms with E-state index in [1.54, 1.807) is 20.9 Å². The second-order valence-electron chi connectivity index (χ2n) is 4.17. The predicted molar refractivity (Wildman–Crippen MR) is 57.6 cm³/mol. The molecule has 0 aromatic heterocycles. The van der Waals surface area contributed by atoms with Crippen molar-refractivity contribution in [1.29, 1.82) is 0 Å². The van der Waals surface area contributed by atoms with Crippen LogP contribution in [-0.4, -0.2) is 48.6 Å². The maximum absolute atomic E-state index is 11.1. The van der Waals surface area contributed by atoms with Crippen molar-refractivity contribution in [3.8, 4) is 0 Å². The van der Waals surface area contributed by atoms with Crippen LogP contribution in [0.15, 0.2) is 0 Å². The number of hydrogen-bond acceptors (Lipinski definition) is 3. The number of carboxylic acids is 1. The number of hydrogen-bond donors (Lipinski definition) is 2. The van der Waals surface area contributed by atoms with Crippen molar-refractivity contribution < 1.29 is 14.7 Å². The minimum atomic E-state index is -0.849. The molecule has 0 fully saturated rings. The van der Waals surface area contributed by atoms with E-state index in [1.165, 1.54) is 0 Å². The van der Waals surface area contributed by atoms with Gasteiger partial charge in [-0.1, -0.05) is 6.92 Å². The molecule has 88 valence electrons. The van der Waals surface area contributed by atoms with Crippen molar-refractivity contribution in [1.82, 2.24) is 10.2 Å². The van der Waals surface area contributed by atoms with Crippen molar-refractivity contribution >= 4 is 11.9 Å². The van der Waals surface area contributed by atoms with Gasteiger partial charge in [0.05, 0.1) is 12.0 Å². The van der Waals surface area contributed by atoms with Gasteiger partial charge in [-0.2, -0.15) is 0 Å². The summed E-state index contributed by atoms with van der Waals surface area (Å²) in [6, 6.07) is 0. The fourth-order valence-corrected chi connectivity index (χ4v) is 1.19. The molecule has 0 aliphatic heterocycles. The number of carbonyl (C=O) groups is 2. The van der Waals surface area contributed by atoms with E-state index < -0.39 is 11.4 Å². The summed E-state index contributed by atoms with van der Waals surface area (Å²) >= 11 is 0. The molecule has 0 aliphatic rings. The van der Waals surface area contributed by atoms with Gasteiger partial charge in [0, 0.05) is 13.6 Å². The van der Waals surface area contributed by atoms with Gasteiger partial charge >= 0.3 is 5.97 Å². The van der Waals surface area contributed by atoms with Crippen LogP contribution in [0.1, 0.15) is 20.8 Å². The summed E-state index contributed by atoms with van der Waals surface area (Å²) in [7, 11) is 1.57. The van der Waals surface area contributed by atoms with E-state index in [-0.39, 0.29) is 12.5 Å². The summed E-state index contributed by atoms with van der Waals surface area (Å²) in [6.07, 6.45) is 0. The monoisotopic (exact) mass is 216 g/mol. The Kier molecular flexibility index (Phi) is 5.28. The van der Waals surface area contributed by atoms with Crippen LogP contribution < -0.4 is 5.32 Å². The molecule has 0 rings (SSSR count). The average Bonchev–Trinajstić information content (AvgIpc) is 2.15. The molecule has 1 amide bonds. The van der Waals surface area contributed by atoms with E-state index in [2.05, 4.69) is 5.32 Å². The van der Waals surface area contributed by atoms with Gasteiger partial charge in [0.2, 0.25) is 5.91 Å². The van der Waals surface area contributed by atoms with Crippen LogP contribution >= 0.6 is 0 Å². The average molecular weight is 216 g/mol. The molecule has 0 radical (unpaired) electrons. The number of carboxylic acid groups (broad SMARTS) is 1. The predicted octanol–water partition coefficient (Wildman–Crippen LogP) is 0.165. The zero-order chi connectivity index (χ0) is 12.1. The van der Waals surface area contributed by atoms with Gasteiger partial charge in [-0.15, -0.1) is 0 Å². The summed E-state index contributed by atoms with van der Waals surface area (Å²) in [5, 5.41) is 11.5. The van der Waals surface area contributed by atoms with Crippen LogP contribution in [0.25, 0.3) is 0 Å². The second kappa shape index (κ2) is 5.70. The van der Waals surface area contributed by atoms with Gasteiger partial charge < -0.3 is 10.4 Å². The molecule has 0 spiro atoms. The number of nitrogens with zero attached hydrogens (tertiary/aromatic N) is 1. The Hall–Kier alpha value is -1.10. The number of nitrogens with one attached hydrogen (secondary N) is 1. The molecule has 15 heavy (non-hydrogen) atoms. The Balaban J connectivity index is 4.33. The van der Waals surface area contributed by atoms with Crippen molar-refractivity contribution in [3.05, 3.63) is 0 Å². The summed E-state index contributed by atoms with van der Waals surface area (Å²) in [6.45, 7) is 6.48. The van der Waals surface area contributed by atoms with Crippen LogP contribution in [0.3, 0.4) is 0 Å². The molecular formula is C10H20N2O3. The van der Waals surface area contributed by atoms with Crippen molar-refractivity contribution in [2.75, 3.05) is 26.7 Å². The largest absolute Gasteiger partial charge is 0.481 e. The molecule has 5 nitrogen and oxygen atoms in total. The van der Waals surface area contributed by atoms with E-state index in [1.807, 2.05) is 11.8 Å². The summed E-state index contributed by atoms with van der Waals surface area (Å²) in [5.41, 5.74) is -0.829. The topological polar surface area (TPSA) is 69.6 Å². The van der Waals surface area contributed by atoms with Gasteiger partial charge in [-0.25, -0.2) is 0 Å². The lowest BCUT2D eigenvalue weighted by atomic mass is 9.93. The number of carbonyl (C=O) groups excluding carboxylic acids is 1. The van der Waals surface area contributed by atoms with E-state index in [0.29, 0.717) is 13.1 Å². The highest BCUT2D eigenvalue weighted by Crippen LogP contribution is 2.16. The van der Waals surface area contributed by atoms with Crippen molar-refractivity contribution in [2.45, 2.75) is 20.8 Å². The molecule has 0 heterocycles. The second-order valence-corrected chi connectivity index (χ2v) is 4.17. The molecular weight excluding hydrogens is 196 g/mol. The Morgan fingerprint density at radius 2 is 1.93 bits per heavy atom. The zero-order valence-electron chi connectivity index (χ0n) is 9.83. The number of rotatable bonds is 6. The van der Waals surface area contributed by atoms with E-state index in [9.17, 15) is 9.59 Å². The number of amides is 1. The SMILES string of the molecule is CCN(CC(=O)NC)CC(C)(C)C(=O)O. The van der Waals surface area contributed by atoms with Crippen molar-refractivity contribution in [3.63, 3.8) is 0 Å². The molecule has 0 aromatic carbocycles. The molecule has 0 aliphatic carbocycles. The molecule has 0 saturated heterocycles. The van der Waals surface area contributed by atoms with Gasteiger partial charge in [-0.3, -0.25) is 14.5 Å². The minimum Gasteiger partial charge on any atom is -0.481 e. The third-order valence-electron chi connectivity index (χ3n) is 2.29. The van der Waals surface area contributed by atoms with Crippen LogP contribution in [0.4, 0.5) is 0 Å². The Morgan fingerprint density at radius 1 is 1.40 bits per heavy atom. The molecule has 0 aromatic rings. The molecule has 0 bridgehead atoms. The minimum absolute atomic E-state index is 0.0990. The zero-order valence-corrected chi connectivity index (χ0v) is 9.83. The highest BCUT2D eigenvalue weighted by Gasteiger charge is 2.29. The van der Waals surface area contributed by atoms with Crippen LogP contribution in [0.2, 0.25) is 0 Å². The first-order valence-corrected chi connectivity index (χ1v) is 4.99. The highest BCUT2D eigenvalue weighted by atomic mass is 16.4. The number of aliphatic carboxylic acids is 1. The van der Waals surface area contributed by atoms with Crippen molar-refractivity contribution in [2.24, 2.45) is 5.41 Å². The lowest BCUT2D eigenvalue weighted by Gasteiger charge is -2.28. The third kappa shape index (κ3) is 4.78. The highest BCUT2D eigenvalue weighted by molar-refractivity contribution is 5.78. The molecule has 0 atom stereocenters. The molecule has 2 N–H and O–H groups in total. The van der Waals surface area contributed by atoms with Gasteiger partial charge in [0.25, 0.3) is 0 Å². The van der Waals surface area contributed by atoms with Gasteiger partial charge in [0.15, 0.2) is 0 Å². The Bertz CT molecular complexity index is 239. The normalized spacial score (nSPS) is 11.5. The van der Waals surface area contributed by atoms with E-state index in [4.69, 9.17) is 5.11 Å². The first kappa shape index (κ1) is 13.9. The summed E-state index contributed by atoms with van der Waals surface area (Å²) < 4.78 is 0. The van der Waals surface area contributed by atoms with E-state index >= 15 is 0 Å². The molecule has 0 saturated carbocycles. The maximum atomic E-state index is 11.1. The smallest absolute Gasteiger partial charge is 0.310 e. The van der Waals surface area contributed by atoms with Crippen LogP contribution in [-0.2, 0) is 9.59 Å². The fraction of sp³-hybridized carbons (Fsp3) is 0.800. The summed E-state index contributed by atoms with van der Waals surface area (Å²) in [4.78, 5) is 23.8. The van der Waals surface area contributed by atoms with Gasteiger partial charge in [0.1, 0.15) is 0 Å². The maximum Gasteiger partial charge on any atom is 0.310 e. The lowest BCUT2D eigenvalue weighted by molar-refractivity contribution is -0.148. The standard InChI is InChI=1S/C10H20N2O3/c1-5-12(6-8(13)11-4)7-10(2,3)9(14)15/h5-7H2,1-4H3,(H,11,13)(H,14,15). The first-order chi connectivity index (χ1) is 6.83. The molecule has 0 unspecified atom stereocenters. The Morgan fingerprint density at radius 3 is 2.27 bits per heavy atom. The van der Waals surface area contributed by atoms with Crippen LogP contribution in [0, 0.1) is 5.41 Å². The van der Waals surface area contributed by atoms with E-state index in [0.717, 1.165) is 0 Å². The lowest BCUT2D eigenvalue weighted by Crippen LogP contribution is -2.43. The van der Waals surface area contributed by atoms with Crippen LogP contribution in [0.5, 0.6) is 0 Å². The summed E-state index contributed by atoms with van der Waals surface area (Å²) in [5.74, 6) is -0.948. The first-order valence-electron chi connectivity index (χ1n) is 4.99. The third-order valence-corrected chi connectivity index (χ3v) is 2.29. The van der Waals surface area contributed by atoms with Gasteiger partial charge in [-0.05, 0) is 20.4 Å². The number of likely N-dealkylation sites (N-methyl/N-ethyl adjacent to an activating group) is 2. The molecule has 5 heteroatoms. The Labute approximate surface area is 90.5 Å². The quantitative estimate of drug-likeness (QED) is 0.664.